The van der Waals surface area contributed by atoms with Crippen LogP contribution in [-0.2, 0) is 4.79 Å². The normalized spacial score (nSPS) is 9.00. The molecule has 82 valence electrons. The van der Waals surface area contributed by atoms with Gasteiger partial charge in [-0.3, -0.25) is 4.79 Å². The lowest BCUT2D eigenvalue weighted by atomic mass is 10.2. The van der Waals surface area contributed by atoms with Crippen LogP contribution in [0, 0.1) is 0 Å². The summed E-state index contributed by atoms with van der Waals surface area (Å²) < 4.78 is 4.72. The number of para-hydroxylation sites is 1. The third-order valence-corrected chi connectivity index (χ3v) is 1.60. The minimum absolute atomic E-state index is 0.0758. The molecule has 0 aliphatic heterocycles. The smallest absolute Gasteiger partial charge is 0.339 e. The molecular formula is C9H7N3O4. The molecular weight excluding hydrogens is 214 g/mol. The van der Waals surface area contributed by atoms with Crippen molar-refractivity contribution in [1.29, 1.82) is 0 Å². The number of nitrogens with zero attached hydrogens (tertiary/aromatic N) is 3. The van der Waals surface area contributed by atoms with Crippen LogP contribution < -0.4 is 4.74 Å². The molecule has 0 saturated carbocycles. The fraction of sp³-hybridized carbons (Fsp3) is 0.111. The van der Waals surface area contributed by atoms with Gasteiger partial charge >= 0.3 is 11.9 Å². The maximum atomic E-state index is 11.1. The summed E-state index contributed by atoms with van der Waals surface area (Å²) in [4.78, 5) is 24.2. The fourth-order valence-electron chi connectivity index (χ4n) is 0.977. The van der Waals surface area contributed by atoms with Crippen LogP contribution in [0.5, 0.6) is 5.75 Å². The average Bonchev–Trinajstić information content (AvgIpc) is 2.27. The molecule has 0 unspecified atom stereocenters. The zero-order valence-electron chi connectivity index (χ0n) is 8.03. The van der Waals surface area contributed by atoms with Crippen LogP contribution in [0.25, 0.3) is 10.4 Å². The van der Waals surface area contributed by atoms with Gasteiger partial charge in [0.1, 0.15) is 17.9 Å². The molecule has 16 heavy (non-hydrogen) atoms. The van der Waals surface area contributed by atoms with Gasteiger partial charge in [0.15, 0.2) is 0 Å². The standard InChI is InChI=1S/C9H7N3O4/c10-12-11-5-8(13)16-7-4-2-1-3-6(7)9(14)15/h1-4H,5H2,(H,14,15). The van der Waals surface area contributed by atoms with E-state index in [1.807, 2.05) is 0 Å². The van der Waals surface area contributed by atoms with E-state index >= 15 is 0 Å². The number of hydrogen-bond acceptors (Lipinski definition) is 4. The van der Waals surface area contributed by atoms with Gasteiger partial charge in [-0.05, 0) is 17.7 Å². The van der Waals surface area contributed by atoms with Crippen LogP contribution in [0.3, 0.4) is 0 Å². The molecule has 1 rings (SSSR count). The Morgan fingerprint density at radius 1 is 1.44 bits per heavy atom. The summed E-state index contributed by atoms with van der Waals surface area (Å²) in [6.07, 6.45) is 0. The van der Waals surface area contributed by atoms with Crippen LogP contribution in [0.2, 0.25) is 0 Å². The van der Waals surface area contributed by atoms with Crippen molar-refractivity contribution in [3.63, 3.8) is 0 Å². The molecule has 7 nitrogen and oxygen atoms in total. The van der Waals surface area contributed by atoms with Crippen molar-refractivity contribution in [2.75, 3.05) is 6.54 Å². The predicted octanol–water partition coefficient (Wildman–Crippen LogP) is 1.60. The summed E-state index contributed by atoms with van der Waals surface area (Å²) in [5.41, 5.74) is 7.85. The van der Waals surface area contributed by atoms with Gasteiger partial charge in [0.05, 0.1) is 0 Å². The van der Waals surface area contributed by atoms with E-state index in [9.17, 15) is 9.59 Å². The van der Waals surface area contributed by atoms with E-state index in [1.54, 1.807) is 0 Å². The van der Waals surface area contributed by atoms with E-state index in [2.05, 4.69) is 10.0 Å². The van der Waals surface area contributed by atoms with Crippen molar-refractivity contribution in [3.05, 3.63) is 40.3 Å². The second kappa shape index (κ2) is 5.38. The number of azide groups is 1. The van der Waals surface area contributed by atoms with E-state index in [4.69, 9.17) is 15.4 Å². The zero-order valence-corrected chi connectivity index (χ0v) is 8.03. The van der Waals surface area contributed by atoms with E-state index in [1.165, 1.54) is 24.3 Å². The second-order valence-electron chi connectivity index (χ2n) is 2.66. The Kier molecular flexibility index (Phi) is 3.88. The number of hydrogen-bond donors (Lipinski definition) is 1. The molecule has 1 aromatic carbocycles. The van der Waals surface area contributed by atoms with Crippen LogP contribution >= 0.6 is 0 Å². The molecule has 0 saturated heterocycles. The van der Waals surface area contributed by atoms with E-state index in [0.29, 0.717) is 0 Å². The Balaban J connectivity index is 2.84. The van der Waals surface area contributed by atoms with Crippen LogP contribution in [0.1, 0.15) is 10.4 Å². The molecule has 0 aliphatic carbocycles. The van der Waals surface area contributed by atoms with Gasteiger partial charge in [-0.1, -0.05) is 17.2 Å². The highest BCUT2D eigenvalue weighted by Gasteiger charge is 2.12. The summed E-state index contributed by atoms with van der Waals surface area (Å²) in [5.74, 6) is -2.09. The third kappa shape index (κ3) is 3.00. The largest absolute Gasteiger partial charge is 0.478 e. The minimum Gasteiger partial charge on any atom is -0.478 e. The summed E-state index contributed by atoms with van der Waals surface area (Å²) in [5, 5.41) is 11.8. The van der Waals surface area contributed by atoms with Crippen molar-refractivity contribution >= 4 is 11.9 Å². The molecule has 0 heterocycles. The topological polar surface area (TPSA) is 112 Å². The van der Waals surface area contributed by atoms with Gasteiger partial charge in [-0.25, -0.2) is 4.79 Å². The quantitative estimate of drug-likeness (QED) is 0.273. The molecule has 0 bridgehead atoms. The van der Waals surface area contributed by atoms with E-state index < -0.39 is 18.5 Å². The minimum atomic E-state index is -1.20. The van der Waals surface area contributed by atoms with Gasteiger partial charge in [-0.2, -0.15) is 0 Å². The Morgan fingerprint density at radius 3 is 2.75 bits per heavy atom. The fourth-order valence-corrected chi connectivity index (χ4v) is 0.977. The Morgan fingerprint density at radius 2 is 2.12 bits per heavy atom. The maximum absolute atomic E-state index is 11.1. The first-order chi connectivity index (χ1) is 7.65. The number of carbonyl (C=O) groups excluding carboxylic acids is 1. The number of esters is 1. The maximum Gasteiger partial charge on any atom is 0.339 e. The van der Waals surface area contributed by atoms with Crippen molar-refractivity contribution in [3.8, 4) is 5.75 Å². The molecule has 0 spiro atoms. The number of carboxylic acids is 1. The lowest BCUT2D eigenvalue weighted by Gasteiger charge is -2.05. The average molecular weight is 221 g/mol. The molecule has 0 aromatic heterocycles. The molecule has 0 fully saturated rings. The summed E-state index contributed by atoms with van der Waals surface area (Å²) in [7, 11) is 0. The first kappa shape index (κ1) is 11.5. The predicted molar refractivity (Wildman–Crippen MR) is 53.0 cm³/mol. The molecule has 1 N–H and O–H groups in total. The highest BCUT2D eigenvalue weighted by molar-refractivity contribution is 5.92. The number of carbonyl (C=O) groups is 2. The Hall–Kier alpha value is -2.53. The third-order valence-electron chi connectivity index (χ3n) is 1.60. The van der Waals surface area contributed by atoms with Crippen molar-refractivity contribution in [2.45, 2.75) is 0 Å². The van der Waals surface area contributed by atoms with E-state index in [-0.39, 0.29) is 11.3 Å². The molecule has 7 heteroatoms. The van der Waals surface area contributed by atoms with Gasteiger partial charge in [0, 0.05) is 4.91 Å². The molecule has 0 amide bonds. The van der Waals surface area contributed by atoms with E-state index in [0.717, 1.165) is 0 Å². The number of benzene rings is 1. The molecule has 0 atom stereocenters. The summed E-state index contributed by atoms with van der Waals surface area (Å²) >= 11 is 0. The zero-order chi connectivity index (χ0) is 12.0. The first-order valence-corrected chi connectivity index (χ1v) is 4.19. The van der Waals surface area contributed by atoms with Gasteiger partial charge in [0.2, 0.25) is 0 Å². The Bertz CT molecular complexity index is 466. The molecule has 0 radical (unpaired) electrons. The number of carboxylic acid groups (broad SMARTS) is 1. The van der Waals surface area contributed by atoms with Gasteiger partial charge in [0.25, 0.3) is 0 Å². The highest BCUT2D eigenvalue weighted by Crippen LogP contribution is 2.17. The first-order valence-electron chi connectivity index (χ1n) is 4.19. The molecule has 0 aliphatic rings. The second-order valence-corrected chi connectivity index (χ2v) is 2.66. The lowest BCUT2D eigenvalue weighted by molar-refractivity contribution is -0.132. The summed E-state index contributed by atoms with van der Waals surface area (Å²) in [6.45, 7) is -0.482. The van der Waals surface area contributed by atoms with Crippen LogP contribution in [-0.4, -0.2) is 23.6 Å². The van der Waals surface area contributed by atoms with Crippen molar-refractivity contribution in [2.24, 2.45) is 5.11 Å². The SMILES string of the molecule is [N-]=[N+]=NCC(=O)Oc1ccccc1C(=O)O. The van der Waals surface area contributed by atoms with Crippen molar-refractivity contribution in [1.82, 2.24) is 0 Å². The van der Waals surface area contributed by atoms with Gasteiger partial charge in [-0.15, -0.1) is 0 Å². The number of aromatic carboxylic acids is 1. The van der Waals surface area contributed by atoms with Crippen molar-refractivity contribution < 1.29 is 19.4 Å². The monoisotopic (exact) mass is 221 g/mol. The summed E-state index contributed by atoms with van der Waals surface area (Å²) in [6, 6.07) is 5.69. The van der Waals surface area contributed by atoms with Gasteiger partial charge < -0.3 is 9.84 Å². The highest BCUT2D eigenvalue weighted by atomic mass is 16.5. The number of rotatable bonds is 4. The number of ether oxygens (including phenoxy) is 1. The van der Waals surface area contributed by atoms with Crippen LogP contribution in [0.15, 0.2) is 29.4 Å². The Labute approximate surface area is 89.9 Å². The molecule has 1 aromatic rings. The lowest BCUT2D eigenvalue weighted by Crippen LogP contribution is -2.13. The van der Waals surface area contributed by atoms with Crippen LogP contribution in [0.4, 0.5) is 0 Å².